The van der Waals surface area contributed by atoms with Crippen molar-refractivity contribution in [2.24, 2.45) is 0 Å². The molecular weight excluding hydrogens is 241 g/mol. The van der Waals surface area contributed by atoms with Crippen LogP contribution in [0.25, 0.3) is 0 Å². The third-order valence-corrected chi connectivity index (χ3v) is 2.63. The molecule has 1 saturated heterocycles. The molecule has 2 rings (SSSR count). The van der Waals surface area contributed by atoms with Gasteiger partial charge in [0.05, 0.1) is 12.8 Å². The minimum atomic E-state index is -1.12. The number of urea groups is 1. The number of methoxy groups -OCH3 is 1. The number of aromatic nitrogens is 1. The number of carbonyl (C=O) groups is 2. The summed E-state index contributed by atoms with van der Waals surface area (Å²) in [5.41, 5.74) is -1.12. The van der Waals surface area contributed by atoms with Gasteiger partial charge < -0.3 is 10.1 Å². The Morgan fingerprint density at radius 1 is 1.50 bits per heavy atom. The second-order valence-electron chi connectivity index (χ2n) is 4.17. The molecule has 0 bridgehead atoms. The van der Waals surface area contributed by atoms with Crippen LogP contribution >= 0.6 is 0 Å². The Hall–Kier alpha value is -2.02. The average molecular weight is 253 g/mol. The van der Waals surface area contributed by atoms with Gasteiger partial charge in [0.25, 0.3) is 5.91 Å². The van der Waals surface area contributed by atoms with Crippen molar-refractivity contribution in [3.8, 4) is 0 Å². The third-order valence-electron chi connectivity index (χ3n) is 2.63. The molecule has 1 atom stereocenters. The second kappa shape index (κ2) is 4.34. The van der Waals surface area contributed by atoms with Gasteiger partial charge in [-0.25, -0.2) is 19.1 Å². The van der Waals surface area contributed by atoms with Crippen molar-refractivity contribution in [2.45, 2.75) is 12.5 Å². The summed E-state index contributed by atoms with van der Waals surface area (Å²) >= 11 is 0. The lowest BCUT2D eigenvalue weighted by atomic mass is 10.0. The first-order chi connectivity index (χ1) is 8.48. The summed E-state index contributed by atoms with van der Waals surface area (Å²) < 4.78 is 17.7. The van der Waals surface area contributed by atoms with Crippen molar-refractivity contribution in [3.05, 3.63) is 24.1 Å². The largest absolute Gasteiger partial charge is 0.382 e. The number of carbonyl (C=O) groups excluding carboxylic acids is 2. The quantitative estimate of drug-likeness (QED) is 0.804. The number of nitrogens with zero attached hydrogens (tertiary/aromatic N) is 2. The van der Waals surface area contributed by atoms with Crippen molar-refractivity contribution < 1.29 is 18.7 Å². The zero-order valence-corrected chi connectivity index (χ0v) is 9.94. The van der Waals surface area contributed by atoms with E-state index in [2.05, 4.69) is 10.3 Å². The van der Waals surface area contributed by atoms with Crippen LogP contribution in [0.5, 0.6) is 0 Å². The summed E-state index contributed by atoms with van der Waals surface area (Å²) in [6.07, 6.45) is 0.946. The third kappa shape index (κ3) is 1.92. The van der Waals surface area contributed by atoms with E-state index in [9.17, 15) is 14.0 Å². The molecule has 0 saturated carbocycles. The number of halogens is 1. The van der Waals surface area contributed by atoms with Gasteiger partial charge in [-0.2, -0.15) is 0 Å². The number of rotatable bonds is 3. The van der Waals surface area contributed by atoms with Gasteiger partial charge in [0.15, 0.2) is 0 Å². The predicted molar refractivity (Wildman–Crippen MR) is 60.5 cm³/mol. The highest BCUT2D eigenvalue weighted by atomic mass is 19.1. The van der Waals surface area contributed by atoms with Gasteiger partial charge in [0.1, 0.15) is 17.2 Å². The molecule has 7 heteroatoms. The van der Waals surface area contributed by atoms with Crippen LogP contribution in [0.2, 0.25) is 0 Å². The van der Waals surface area contributed by atoms with E-state index in [1.165, 1.54) is 13.2 Å². The van der Waals surface area contributed by atoms with Gasteiger partial charge in [-0.15, -0.1) is 0 Å². The molecule has 6 nitrogen and oxygen atoms in total. The Labute approximate surface area is 103 Å². The first kappa shape index (κ1) is 12.4. The Morgan fingerprint density at radius 3 is 2.78 bits per heavy atom. The summed E-state index contributed by atoms with van der Waals surface area (Å²) in [7, 11) is 1.43. The number of ether oxygens (including phenoxy) is 1. The molecule has 1 unspecified atom stereocenters. The number of hydrogen-bond acceptors (Lipinski definition) is 4. The van der Waals surface area contributed by atoms with Gasteiger partial charge in [-0.05, 0) is 19.1 Å². The molecule has 0 aliphatic carbocycles. The molecule has 1 aromatic rings. The van der Waals surface area contributed by atoms with Crippen LogP contribution in [0, 0.1) is 5.82 Å². The molecule has 1 aromatic heterocycles. The van der Waals surface area contributed by atoms with Crippen molar-refractivity contribution in [3.63, 3.8) is 0 Å². The minimum absolute atomic E-state index is 0.0509. The molecule has 3 amide bonds. The molecule has 0 spiro atoms. The van der Waals surface area contributed by atoms with Gasteiger partial charge in [0, 0.05) is 7.11 Å². The van der Waals surface area contributed by atoms with E-state index < -0.39 is 23.3 Å². The monoisotopic (exact) mass is 253 g/mol. The Balaban J connectivity index is 2.32. The first-order valence-electron chi connectivity index (χ1n) is 5.25. The summed E-state index contributed by atoms with van der Waals surface area (Å²) in [5.74, 6) is -0.933. The Kier molecular flexibility index (Phi) is 3.00. The summed E-state index contributed by atoms with van der Waals surface area (Å²) in [5, 5.41) is 2.52. The maximum absolute atomic E-state index is 12.8. The van der Waals surface area contributed by atoms with E-state index in [-0.39, 0.29) is 12.4 Å². The zero-order chi connectivity index (χ0) is 13.3. The lowest BCUT2D eigenvalue weighted by molar-refractivity contribution is -0.123. The average Bonchev–Trinajstić information content (AvgIpc) is 2.52. The highest BCUT2D eigenvalue weighted by Crippen LogP contribution is 2.23. The fourth-order valence-electron chi connectivity index (χ4n) is 1.78. The Morgan fingerprint density at radius 2 is 2.22 bits per heavy atom. The van der Waals surface area contributed by atoms with Gasteiger partial charge in [-0.1, -0.05) is 0 Å². The van der Waals surface area contributed by atoms with Crippen molar-refractivity contribution in [2.75, 3.05) is 18.6 Å². The normalized spacial score (nSPS) is 23.4. The molecule has 1 fully saturated rings. The van der Waals surface area contributed by atoms with Crippen LogP contribution in [0.3, 0.4) is 0 Å². The Bertz CT molecular complexity index is 491. The lowest BCUT2D eigenvalue weighted by Crippen LogP contribution is -2.48. The molecule has 2 heterocycles. The zero-order valence-electron chi connectivity index (χ0n) is 9.94. The summed E-state index contributed by atoms with van der Waals surface area (Å²) in [4.78, 5) is 28.5. The molecular formula is C11H12FN3O3. The van der Waals surface area contributed by atoms with Crippen molar-refractivity contribution in [1.29, 1.82) is 0 Å². The maximum atomic E-state index is 12.8. The lowest BCUT2D eigenvalue weighted by Gasteiger charge is -2.19. The highest BCUT2D eigenvalue weighted by Gasteiger charge is 2.49. The smallest absolute Gasteiger partial charge is 0.330 e. The van der Waals surface area contributed by atoms with E-state index in [4.69, 9.17) is 4.74 Å². The number of imide groups is 1. The molecule has 0 aromatic carbocycles. The number of amides is 3. The van der Waals surface area contributed by atoms with E-state index in [1.807, 2.05) is 0 Å². The molecule has 18 heavy (non-hydrogen) atoms. The molecule has 0 radical (unpaired) electrons. The van der Waals surface area contributed by atoms with E-state index in [0.29, 0.717) is 0 Å². The first-order valence-corrected chi connectivity index (χ1v) is 5.25. The van der Waals surface area contributed by atoms with Crippen molar-refractivity contribution in [1.82, 2.24) is 10.3 Å². The van der Waals surface area contributed by atoms with Crippen LogP contribution in [0.15, 0.2) is 18.3 Å². The fourth-order valence-corrected chi connectivity index (χ4v) is 1.78. The SMILES string of the molecule is COCC1(C)NC(=O)N(c2ccc(F)cn2)C1=O. The number of anilines is 1. The topological polar surface area (TPSA) is 71.5 Å². The van der Waals surface area contributed by atoms with E-state index >= 15 is 0 Å². The predicted octanol–water partition coefficient (Wildman–Crippen LogP) is 0.682. The number of hydrogen-bond donors (Lipinski definition) is 1. The maximum Gasteiger partial charge on any atom is 0.330 e. The van der Waals surface area contributed by atoms with Gasteiger partial charge in [-0.3, -0.25) is 4.79 Å². The van der Waals surface area contributed by atoms with E-state index in [1.54, 1.807) is 6.92 Å². The van der Waals surface area contributed by atoms with Gasteiger partial charge in [0.2, 0.25) is 0 Å². The molecule has 96 valence electrons. The fraction of sp³-hybridized carbons (Fsp3) is 0.364. The van der Waals surface area contributed by atoms with Crippen LogP contribution < -0.4 is 10.2 Å². The summed E-state index contributed by atoms with van der Waals surface area (Å²) in [6.45, 7) is 1.61. The minimum Gasteiger partial charge on any atom is -0.382 e. The number of nitrogens with one attached hydrogen (secondary N) is 1. The molecule has 1 aliphatic heterocycles. The van der Waals surface area contributed by atoms with Crippen LogP contribution in [0.1, 0.15) is 6.92 Å². The van der Waals surface area contributed by atoms with Crippen LogP contribution in [-0.2, 0) is 9.53 Å². The highest BCUT2D eigenvalue weighted by molar-refractivity contribution is 6.22. The van der Waals surface area contributed by atoms with Crippen LogP contribution in [-0.4, -0.2) is 36.2 Å². The van der Waals surface area contributed by atoms with Crippen LogP contribution in [0.4, 0.5) is 15.0 Å². The van der Waals surface area contributed by atoms with Crippen molar-refractivity contribution >= 4 is 17.8 Å². The standard InChI is InChI=1S/C11H12FN3O3/c1-11(6-18-2)9(16)15(10(17)14-11)8-4-3-7(12)5-13-8/h3-5H,6H2,1-2H3,(H,14,17). The second-order valence-corrected chi connectivity index (χ2v) is 4.17. The molecule has 1 aliphatic rings. The van der Waals surface area contributed by atoms with Gasteiger partial charge >= 0.3 is 6.03 Å². The number of pyridine rings is 1. The molecule has 1 N–H and O–H groups in total. The van der Waals surface area contributed by atoms with E-state index in [0.717, 1.165) is 17.2 Å². The summed E-state index contributed by atoms with van der Waals surface area (Å²) in [6, 6.07) is 1.80.